The standard InChI is InChI=1S/C22H23N3O3S/c26-29(27,24-12-14-28-15-13-24)19-8-9-20-18(16-19)7-10-22(23-20)25-11-3-5-17-4-1-2-6-21(17)25/h1-2,4,6-10,16H,3,5,11-15H2. The van der Waals surface area contributed by atoms with Gasteiger partial charge in [-0.2, -0.15) is 4.31 Å². The number of hydrogen-bond donors (Lipinski definition) is 0. The van der Waals surface area contributed by atoms with Crippen LogP contribution in [0.4, 0.5) is 11.5 Å². The summed E-state index contributed by atoms with van der Waals surface area (Å²) in [5.41, 5.74) is 3.34. The van der Waals surface area contributed by atoms with Crippen LogP contribution in [-0.2, 0) is 21.2 Å². The van der Waals surface area contributed by atoms with Gasteiger partial charge in [0, 0.05) is 30.7 Å². The van der Waals surface area contributed by atoms with E-state index in [2.05, 4.69) is 29.2 Å². The lowest BCUT2D eigenvalue weighted by Crippen LogP contribution is -2.40. The van der Waals surface area contributed by atoms with Gasteiger partial charge in [-0.15, -0.1) is 0 Å². The van der Waals surface area contributed by atoms with Gasteiger partial charge in [-0.05, 0) is 54.8 Å². The highest BCUT2D eigenvalue weighted by molar-refractivity contribution is 7.89. The molecule has 7 heteroatoms. The fraction of sp³-hybridized carbons (Fsp3) is 0.318. The Bertz CT molecular complexity index is 1160. The molecule has 0 spiro atoms. The van der Waals surface area contributed by atoms with E-state index < -0.39 is 10.0 Å². The number of aromatic nitrogens is 1. The summed E-state index contributed by atoms with van der Waals surface area (Å²) in [6, 6.07) is 17.6. The van der Waals surface area contributed by atoms with Crippen molar-refractivity contribution in [3.8, 4) is 0 Å². The number of morpholine rings is 1. The Morgan fingerprint density at radius 3 is 2.62 bits per heavy atom. The van der Waals surface area contributed by atoms with Crippen LogP contribution >= 0.6 is 0 Å². The summed E-state index contributed by atoms with van der Waals surface area (Å²) in [5, 5.41) is 0.827. The number of pyridine rings is 1. The summed E-state index contributed by atoms with van der Waals surface area (Å²) in [4.78, 5) is 7.39. The summed E-state index contributed by atoms with van der Waals surface area (Å²) >= 11 is 0. The van der Waals surface area contributed by atoms with Gasteiger partial charge in [-0.1, -0.05) is 18.2 Å². The van der Waals surface area contributed by atoms with E-state index in [9.17, 15) is 8.42 Å². The van der Waals surface area contributed by atoms with Gasteiger partial charge in [0.05, 0.1) is 23.6 Å². The van der Waals surface area contributed by atoms with Crippen molar-refractivity contribution in [2.45, 2.75) is 17.7 Å². The first-order valence-electron chi connectivity index (χ1n) is 9.97. The molecule has 2 aromatic carbocycles. The molecule has 0 N–H and O–H groups in total. The molecule has 0 radical (unpaired) electrons. The van der Waals surface area contributed by atoms with Gasteiger partial charge in [0.1, 0.15) is 5.82 Å². The summed E-state index contributed by atoms with van der Waals surface area (Å²) in [6.45, 7) is 2.60. The van der Waals surface area contributed by atoms with Crippen LogP contribution in [0.3, 0.4) is 0 Å². The van der Waals surface area contributed by atoms with Gasteiger partial charge in [0.25, 0.3) is 0 Å². The average molecular weight is 410 g/mol. The van der Waals surface area contributed by atoms with Gasteiger partial charge >= 0.3 is 0 Å². The fourth-order valence-electron chi connectivity index (χ4n) is 4.11. The SMILES string of the molecule is O=S(=O)(c1ccc2nc(N3CCCc4ccccc43)ccc2c1)N1CCOCC1. The minimum Gasteiger partial charge on any atom is -0.379 e. The quantitative estimate of drug-likeness (QED) is 0.664. The number of rotatable bonds is 3. The van der Waals surface area contributed by atoms with E-state index in [0.29, 0.717) is 31.2 Å². The van der Waals surface area contributed by atoms with Crippen LogP contribution in [0.15, 0.2) is 59.5 Å². The van der Waals surface area contributed by atoms with E-state index in [1.54, 1.807) is 12.1 Å². The van der Waals surface area contributed by atoms with Crippen LogP contribution in [0.25, 0.3) is 10.9 Å². The number of anilines is 2. The summed E-state index contributed by atoms with van der Waals surface area (Å²) < 4.78 is 32.6. The highest BCUT2D eigenvalue weighted by atomic mass is 32.2. The molecule has 0 amide bonds. The van der Waals surface area contributed by atoms with E-state index in [0.717, 1.165) is 36.1 Å². The monoisotopic (exact) mass is 409 g/mol. The van der Waals surface area contributed by atoms with E-state index in [1.165, 1.54) is 15.6 Å². The Balaban J connectivity index is 1.49. The third-order valence-electron chi connectivity index (χ3n) is 5.64. The number of sulfonamides is 1. The predicted octanol–water partition coefficient (Wildman–Crippen LogP) is 3.34. The van der Waals surface area contributed by atoms with E-state index in [-0.39, 0.29) is 0 Å². The molecule has 3 aromatic rings. The Morgan fingerprint density at radius 2 is 1.76 bits per heavy atom. The van der Waals surface area contributed by atoms with Crippen LogP contribution in [0.1, 0.15) is 12.0 Å². The minimum atomic E-state index is -3.51. The van der Waals surface area contributed by atoms with Gasteiger partial charge in [0.15, 0.2) is 0 Å². The fourth-order valence-corrected chi connectivity index (χ4v) is 5.56. The molecule has 0 unspecified atom stereocenters. The van der Waals surface area contributed by atoms with Crippen molar-refractivity contribution in [3.63, 3.8) is 0 Å². The Kier molecular flexibility index (Phi) is 4.73. The van der Waals surface area contributed by atoms with E-state index >= 15 is 0 Å². The van der Waals surface area contributed by atoms with Crippen molar-refractivity contribution in [1.82, 2.24) is 9.29 Å². The number of hydrogen-bond acceptors (Lipinski definition) is 5. The second-order valence-electron chi connectivity index (χ2n) is 7.42. The number of ether oxygens (including phenoxy) is 1. The average Bonchev–Trinajstić information content (AvgIpc) is 2.78. The maximum Gasteiger partial charge on any atom is 0.243 e. The molecule has 3 heterocycles. The molecule has 0 saturated carbocycles. The smallest absolute Gasteiger partial charge is 0.243 e. The van der Waals surface area contributed by atoms with Gasteiger partial charge in [0.2, 0.25) is 10.0 Å². The third kappa shape index (κ3) is 3.39. The van der Waals surface area contributed by atoms with Crippen LogP contribution in [0.5, 0.6) is 0 Å². The molecule has 2 aliphatic rings. The van der Waals surface area contributed by atoms with E-state index in [4.69, 9.17) is 9.72 Å². The molecule has 150 valence electrons. The lowest BCUT2D eigenvalue weighted by atomic mass is 10.0. The lowest BCUT2D eigenvalue weighted by molar-refractivity contribution is 0.0730. The largest absolute Gasteiger partial charge is 0.379 e. The van der Waals surface area contributed by atoms with Crippen molar-refractivity contribution in [2.75, 3.05) is 37.7 Å². The van der Waals surface area contributed by atoms with Gasteiger partial charge in [-0.3, -0.25) is 0 Å². The molecule has 6 nitrogen and oxygen atoms in total. The maximum atomic E-state index is 12.9. The zero-order chi connectivity index (χ0) is 19.8. The first kappa shape index (κ1) is 18.5. The molecule has 1 aromatic heterocycles. The molecular weight excluding hydrogens is 386 g/mol. The molecule has 0 aliphatic carbocycles. The Hall–Kier alpha value is -2.48. The van der Waals surface area contributed by atoms with Crippen LogP contribution in [0.2, 0.25) is 0 Å². The van der Waals surface area contributed by atoms with Crippen LogP contribution in [-0.4, -0.2) is 50.6 Å². The van der Waals surface area contributed by atoms with Gasteiger partial charge < -0.3 is 9.64 Å². The number of aryl methyl sites for hydroxylation is 1. The van der Waals surface area contributed by atoms with Gasteiger partial charge in [-0.25, -0.2) is 13.4 Å². The molecule has 1 fully saturated rings. The molecule has 29 heavy (non-hydrogen) atoms. The summed E-state index contributed by atoms with van der Waals surface area (Å²) in [5.74, 6) is 0.897. The van der Waals surface area contributed by atoms with Crippen molar-refractivity contribution in [1.29, 1.82) is 0 Å². The first-order chi connectivity index (χ1) is 14.1. The Morgan fingerprint density at radius 1 is 0.931 bits per heavy atom. The zero-order valence-corrected chi connectivity index (χ0v) is 16.9. The zero-order valence-electron chi connectivity index (χ0n) is 16.1. The molecule has 0 bridgehead atoms. The second kappa shape index (κ2) is 7.40. The number of nitrogens with zero attached hydrogens (tertiary/aromatic N) is 3. The first-order valence-corrected chi connectivity index (χ1v) is 11.4. The van der Waals surface area contributed by atoms with Crippen LogP contribution < -0.4 is 4.90 Å². The van der Waals surface area contributed by atoms with Crippen LogP contribution in [0, 0.1) is 0 Å². The summed E-state index contributed by atoms with van der Waals surface area (Å²) in [7, 11) is -3.51. The van der Waals surface area contributed by atoms with Crippen molar-refractivity contribution in [3.05, 3.63) is 60.2 Å². The van der Waals surface area contributed by atoms with Crippen molar-refractivity contribution >= 4 is 32.4 Å². The molecule has 5 rings (SSSR count). The predicted molar refractivity (Wildman–Crippen MR) is 113 cm³/mol. The minimum absolute atomic E-state index is 0.310. The second-order valence-corrected chi connectivity index (χ2v) is 9.36. The maximum absolute atomic E-state index is 12.9. The molecular formula is C22H23N3O3S. The number of benzene rings is 2. The molecule has 2 aliphatic heterocycles. The third-order valence-corrected chi connectivity index (χ3v) is 7.54. The highest BCUT2D eigenvalue weighted by Crippen LogP contribution is 2.33. The van der Waals surface area contributed by atoms with Crippen molar-refractivity contribution < 1.29 is 13.2 Å². The molecule has 0 atom stereocenters. The highest BCUT2D eigenvalue weighted by Gasteiger charge is 2.26. The topological polar surface area (TPSA) is 62.7 Å². The van der Waals surface area contributed by atoms with Crippen molar-refractivity contribution in [2.24, 2.45) is 0 Å². The Labute approximate surface area is 170 Å². The number of para-hydroxylation sites is 1. The van der Waals surface area contributed by atoms with E-state index in [1.807, 2.05) is 18.2 Å². The lowest BCUT2D eigenvalue weighted by Gasteiger charge is -2.30. The molecule has 1 saturated heterocycles. The summed E-state index contributed by atoms with van der Waals surface area (Å²) in [6.07, 6.45) is 2.18. The number of fused-ring (bicyclic) bond motifs is 2. The normalized spacial score (nSPS) is 18.0.